The monoisotopic (exact) mass is 342 g/mol. The fourth-order valence-corrected chi connectivity index (χ4v) is 4.17. The summed E-state index contributed by atoms with van der Waals surface area (Å²) in [7, 11) is 0. The van der Waals surface area contributed by atoms with Crippen molar-refractivity contribution in [2.75, 3.05) is 12.9 Å². The zero-order valence-corrected chi connectivity index (χ0v) is 15.0. The maximum atomic E-state index is 10.1. The minimum Gasteiger partial charge on any atom is -0.396 e. The van der Waals surface area contributed by atoms with Gasteiger partial charge in [0.1, 0.15) is 0 Å². The van der Waals surface area contributed by atoms with Crippen LogP contribution < -0.4 is 0 Å². The van der Waals surface area contributed by atoms with E-state index in [-0.39, 0.29) is 18.6 Å². The Labute approximate surface area is 148 Å². The fourth-order valence-electron chi connectivity index (χ4n) is 3.76. The molecule has 1 aliphatic rings. The Morgan fingerprint density at radius 2 is 1.79 bits per heavy atom. The fraction of sp³-hybridized carbons (Fsp3) is 0.429. The van der Waals surface area contributed by atoms with Crippen molar-refractivity contribution in [2.24, 2.45) is 5.92 Å². The highest BCUT2D eigenvalue weighted by Crippen LogP contribution is 2.36. The van der Waals surface area contributed by atoms with Gasteiger partial charge in [0.05, 0.1) is 6.10 Å². The predicted molar refractivity (Wildman–Crippen MR) is 101 cm³/mol. The first-order valence-electron chi connectivity index (χ1n) is 8.68. The van der Waals surface area contributed by atoms with Crippen molar-refractivity contribution in [1.29, 1.82) is 0 Å². The molecule has 0 saturated heterocycles. The lowest BCUT2D eigenvalue weighted by Crippen LogP contribution is -2.27. The van der Waals surface area contributed by atoms with E-state index in [2.05, 4.69) is 54.8 Å². The highest BCUT2D eigenvalue weighted by Gasteiger charge is 2.28. The van der Waals surface area contributed by atoms with E-state index in [9.17, 15) is 10.2 Å². The molecule has 3 heteroatoms. The summed E-state index contributed by atoms with van der Waals surface area (Å²) in [5, 5.41) is 19.5. The van der Waals surface area contributed by atoms with Gasteiger partial charge in [0.25, 0.3) is 0 Å². The standard InChI is InChI=1S/C21H26O2S/c1-24-21-7-5-15(6-8-21)9-16-3-2-4-18(10-16)19-11-17(14-22)12-20(23)13-19/h2-8,10,17,19-20,22-23H,9,11-14H2,1H3/t17-,19+,20-/m0/s1. The van der Waals surface area contributed by atoms with Gasteiger partial charge in [0, 0.05) is 11.5 Å². The molecular formula is C21H26O2S. The van der Waals surface area contributed by atoms with E-state index in [1.165, 1.54) is 21.6 Å². The molecular weight excluding hydrogens is 316 g/mol. The van der Waals surface area contributed by atoms with Gasteiger partial charge in [-0.3, -0.25) is 0 Å². The summed E-state index contributed by atoms with van der Waals surface area (Å²) in [5.74, 6) is 0.575. The van der Waals surface area contributed by atoms with Crippen molar-refractivity contribution in [3.63, 3.8) is 0 Å². The number of benzene rings is 2. The average molecular weight is 343 g/mol. The molecule has 2 aromatic rings. The van der Waals surface area contributed by atoms with E-state index in [0.717, 1.165) is 25.7 Å². The lowest BCUT2D eigenvalue weighted by Gasteiger charge is -2.32. The third-order valence-corrected chi connectivity index (χ3v) is 5.77. The van der Waals surface area contributed by atoms with Gasteiger partial charge in [0.15, 0.2) is 0 Å². The molecule has 24 heavy (non-hydrogen) atoms. The molecule has 0 aromatic heterocycles. The highest BCUT2D eigenvalue weighted by atomic mass is 32.2. The normalized spacial score (nSPS) is 24.0. The smallest absolute Gasteiger partial charge is 0.0549 e. The molecule has 3 rings (SSSR count). The summed E-state index contributed by atoms with van der Waals surface area (Å²) in [6, 6.07) is 17.5. The Balaban J connectivity index is 1.73. The molecule has 0 aliphatic heterocycles. The molecule has 2 nitrogen and oxygen atoms in total. The van der Waals surface area contributed by atoms with Gasteiger partial charge >= 0.3 is 0 Å². The quantitative estimate of drug-likeness (QED) is 0.799. The van der Waals surface area contributed by atoms with Crippen LogP contribution in [0.25, 0.3) is 0 Å². The maximum Gasteiger partial charge on any atom is 0.0549 e. The molecule has 128 valence electrons. The number of aliphatic hydroxyl groups is 2. The second kappa shape index (κ2) is 8.19. The van der Waals surface area contributed by atoms with Crippen LogP contribution in [0.2, 0.25) is 0 Å². The van der Waals surface area contributed by atoms with Gasteiger partial charge in [0.2, 0.25) is 0 Å². The summed E-state index contributed by atoms with van der Waals surface area (Å²) in [6.45, 7) is 0.176. The van der Waals surface area contributed by atoms with Crippen molar-refractivity contribution < 1.29 is 10.2 Å². The van der Waals surface area contributed by atoms with Crippen molar-refractivity contribution >= 4 is 11.8 Å². The van der Waals surface area contributed by atoms with Crippen LogP contribution in [0.5, 0.6) is 0 Å². The summed E-state index contributed by atoms with van der Waals surface area (Å²) in [6.07, 6.45) is 5.25. The van der Waals surface area contributed by atoms with E-state index < -0.39 is 0 Å². The van der Waals surface area contributed by atoms with E-state index in [1.54, 1.807) is 11.8 Å². The second-order valence-electron chi connectivity index (χ2n) is 6.88. The second-order valence-corrected chi connectivity index (χ2v) is 7.76. The van der Waals surface area contributed by atoms with Crippen molar-refractivity contribution in [1.82, 2.24) is 0 Å². The predicted octanol–water partition coefficient (Wildman–Crippen LogP) is 4.24. The van der Waals surface area contributed by atoms with Crippen LogP contribution in [0.3, 0.4) is 0 Å². The molecule has 1 aliphatic carbocycles. The number of aliphatic hydroxyl groups excluding tert-OH is 2. The van der Waals surface area contributed by atoms with Gasteiger partial charge < -0.3 is 10.2 Å². The summed E-state index contributed by atoms with van der Waals surface area (Å²) in [5.41, 5.74) is 3.93. The first-order valence-corrected chi connectivity index (χ1v) is 9.91. The Hall–Kier alpha value is -1.29. The Bertz CT molecular complexity index is 653. The zero-order chi connectivity index (χ0) is 16.9. The number of rotatable bonds is 5. The van der Waals surface area contributed by atoms with E-state index >= 15 is 0 Å². The molecule has 1 fully saturated rings. The van der Waals surface area contributed by atoms with Gasteiger partial charge in [-0.15, -0.1) is 11.8 Å². The molecule has 0 heterocycles. The van der Waals surface area contributed by atoms with Crippen LogP contribution in [-0.2, 0) is 6.42 Å². The van der Waals surface area contributed by atoms with Crippen LogP contribution in [0, 0.1) is 5.92 Å². The molecule has 2 aromatic carbocycles. The Morgan fingerprint density at radius 1 is 1.00 bits per heavy atom. The lowest BCUT2D eigenvalue weighted by molar-refractivity contribution is 0.0650. The molecule has 3 atom stereocenters. The minimum atomic E-state index is -0.288. The van der Waals surface area contributed by atoms with Gasteiger partial charge in [-0.2, -0.15) is 0 Å². The zero-order valence-electron chi connectivity index (χ0n) is 14.2. The summed E-state index contributed by atoms with van der Waals surface area (Å²) >= 11 is 1.76. The summed E-state index contributed by atoms with van der Waals surface area (Å²) in [4.78, 5) is 1.29. The van der Waals surface area contributed by atoms with Crippen LogP contribution in [0.15, 0.2) is 53.4 Å². The molecule has 0 radical (unpaired) electrons. The van der Waals surface area contributed by atoms with Crippen molar-refractivity contribution in [3.05, 3.63) is 65.2 Å². The van der Waals surface area contributed by atoms with Crippen LogP contribution >= 0.6 is 11.8 Å². The van der Waals surface area contributed by atoms with E-state index in [0.29, 0.717) is 5.92 Å². The summed E-state index contributed by atoms with van der Waals surface area (Å²) < 4.78 is 0. The molecule has 0 unspecified atom stereocenters. The van der Waals surface area contributed by atoms with Crippen molar-refractivity contribution in [2.45, 2.75) is 42.6 Å². The first-order chi connectivity index (χ1) is 11.7. The maximum absolute atomic E-state index is 10.1. The van der Waals surface area contributed by atoms with Crippen LogP contribution in [-0.4, -0.2) is 29.2 Å². The number of hydrogen-bond donors (Lipinski definition) is 2. The molecule has 0 bridgehead atoms. The largest absolute Gasteiger partial charge is 0.396 e. The van der Waals surface area contributed by atoms with Gasteiger partial charge in [-0.05, 0) is 72.6 Å². The number of thioether (sulfide) groups is 1. The lowest BCUT2D eigenvalue weighted by atomic mass is 9.76. The Morgan fingerprint density at radius 3 is 2.50 bits per heavy atom. The highest BCUT2D eigenvalue weighted by molar-refractivity contribution is 7.98. The van der Waals surface area contributed by atoms with E-state index in [1.807, 2.05) is 0 Å². The topological polar surface area (TPSA) is 40.5 Å². The number of hydrogen-bond acceptors (Lipinski definition) is 3. The average Bonchev–Trinajstić information content (AvgIpc) is 2.62. The van der Waals surface area contributed by atoms with Crippen LogP contribution in [0.4, 0.5) is 0 Å². The molecule has 0 spiro atoms. The molecule has 0 amide bonds. The first kappa shape index (κ1) is 17.5. The van der Waals surface area contributed by atoms with Crippen LogP contribution in [0.1, 0.15) is 41.9 Å². The third-order valence-electron chi connectivity index (χ3n) is 5.03. The molecule has 1 saturated carbocycles. The Kier molecular flexibility index (Phi) is 5.99. The third kappa shape index (κ3) is 4.41. The van der Waals surface area contributed by atoms with E-state index in [4.69, 9.17) is 0 Å². The van der Waals surface area contributed by atoms with Gasteiger partial charge in [-0.25, -0.2) is 0 Å². The minimum absolute atomic E-state index is 0.176. The van der Waals surface area contributed by atoms with Gasteiger partial charge in [-0.1, -0.05) is 36.4 Å². The SMILES string of the molecule is CSc1ccc(Cc2cccc([C@H]3C[C@@H](O)C[C@@H](CO)C3)c2)cc1. The van der Waals surface area contributed by atoms with Crippen molar-refractivity contribution in [3.8, 4) is 0 Å². The molecule has 2 N–H and O–H groups in total.